The second kappa shape index (κ2) is 7.95. The van der Waals surface area contributed by atoms with Gasteiger partial charge in [-0.15, -0.1) is 0 Å². The highest BCUT2D eigenvalue weighted by atomic mass is 19.1. The Bertz CT molecular complexity index is 838. The second-order valence-electron chi connectivity index (χ2n) is 6.19. The molecule has 0 aliphatic heterocycles. The van der Waals surface area contributed by atoms with E-state index in [9.17, 15) is 18.4 Å². The lowest BCUT2D eigenvalue weighted by molar-refractivity contribution is -0.126. The fourth-order valence-electron chi connectivity index (χ4n) is 2.34. The van der Waals surface area contributed by atoms with Gasteiger partial charge in [0.1, 0.15) is 17.2 Å². The number of nitrogen functional groups attached to an aromatic ring is 1. The second-order valence-corrected chi connectivity index (χ2v) is 6.19. The summed E-state index contributed by atoms with van der Waals surface area (Å²) in [6.45, 7) is 4.92. The SMILES string of the molecule is Cc1ccc(F)c(C(=O)OC(C(=O)Nc2ccccc2F)C(C)C)c1N. The van der Waals surface area contributed by atoms with Crippen molar-refractivity contribution in [3.63, 3.8) is 0 Å². The zero-order valence-corrected chi connectivity index (χ0v) is 14.7. The number of carbonyl (C=O) groups excluding carboxylic acids is 2. The van der Waals surface area contributed by atoms with E-state index in [0.717, 1.165) is 6.07 Å². The van der Waals surface area contributed by atoms with Crippen molar-refractivity contribution in [3.05, 3.63) is 59.2 Å². The highest BCUT2D eigenvalue weighted by Gasteiger charge is 2.29. The third-order valence-electron chi connectivity index (χ3n) is 3.85. The van der Waals surface area contributed by atoms with Crippen LogP contribution in [0.5, 0.6) is 0 Å². The van der Waals surface area contributed by atoms with Gasteiger partial charge < -0.3 is 15.8 Å². The molecular weight excluding hydrogens is 342 g/mol. The average Bonchev–Trinajstić information content (AvgIpc) is 2.58. The lowest BCUT2D eigenvalue weighted by Gasteiger charge is -2.21. The van der Waals surface area contributed by atoms with Gasteiger partial charge in [-0.2, -0.15) is 0 Å². The Labute approximate surface area is 150 Å². The molecule has 26 heavy (non-hydrogen) atoms. The molecule has 2 aromatic carbocycles. The van der Waals surface area contributed by atoms with Crippen molar-refractivity contribution in [1.82, 2.24) is 0 Å². The largest absolute Gasteiger partial charge is 0.448 e. The third kappa shape index (κ3) is 4.17. The normalized spacial score (nSPS) is 11.9. The monoisotopic (exact) mass is 362 g/mol. The molecule has 2 aromatic rings. The molecule has 1 amide bonds. The number of nitrogens with one attached hydrogen (secondary N) is 1. The first-order chi connectivity index (χ1) is 12.2. The fraction of sp³-hybridized carbons (Fsp3) is 0.263. The van der Waals surface area contributed by atoms with Crippen molar-refractivity contribution in [2.45, 2.75) is 26.9 Å². The van der Waals surface area contributed by atoms with Crippen molar-refractivity contribution < 1.29 is 23.1 Å². The van der Waals surface area contributed by atoms with Crippen LogP contribution < -0.4 is 11.1 Å². The molecule has 1 atom stereocenters. The Morgan fingerprint density at radius 2 is 1.73 bits per heavy atom. The summed E-state index contributed by atoms with van der Waals surface area (Å²) in [6, 6.07) is 8.14. The predicted octanol–water partition coefficient (Wildman–Crippen LogP) is 3.68. The minimum atomic E-state index is -1.25. The molecule has 0 aliphatic carbocycles. The molecule has 2 rings (SSSR count). The maximum absolute atomic E-state index is 14.0. The van der Waals surface area contributed by atoms with Gasteiger partial charge in [0, 0.05) is 0 Å². The minimum Gasteiger partial charge on any atom is -0.448 e. The molecular formula is C19H20F2N2O3. The number of amides is 1. The first-order valence-electron chi connectivity index (χ1n) is 8.03. The summed E-state index contributed by atoms with van der Waals surface area (Å²) >= 11 is 0. The van der Waals surface area contributed by atoms with E-state index in [1.807, 2.05) is 0 Å². The van der Waals surface area contributed by atoms with E-state index in [1.165, 1.54) is 24.3 Å². The average molecular weight is 362 g/mol. The molecule has 0 saturated carbocycles. The first-order valence-corrected chi connectivity index (χ1v) is 8.03. The molecule has 0 heterocycles. The summed E-state index contributed by atoms with van der Waals surface area (Å²) in [6.07, 6.45) is -1.25. The number of carbonyl (C=O) groups is 2. The van der Waals surface area contributed by atoms with Gasteiger partial charge in [-0.05, 0) is 36.6 Å². The van der Waals surface area contributed by atoms with Crippen LogP contribution in [0.3, 0.4) is 0 Å². The summed E-state index contributed by atoms with van der Waals surface area (Å²) in [4.78, 5) is 24.8. The molecule has 0 aromatic heterocycles. The molecule has 0 spiro atoms. The van der Waals surface area contributed by atoms with Gasteiger partial charge in [-0.1, -0.05) is 32.0 Å². The van der Waals surface area contributed by atoms with Crippen LogP contribution in [-0.4, -0.2) is 18.0 Å². The number of benzene rings is 2. The molecule has 5 nitrogen and oxygen atoms in total. The van der Waals surface area contributed by atoms with Crippen LogP contribution in [0.15, 0.2) is 36.4 Å². The van der Waals surface area contributed by atoms with Crippen molar-refractivity contribution in [2.75, 3.05) is 11.1 Å². The first kappa shape index (κ1) is 19.4. The molecule has 0 radical (unpaired) electrons. The van der Waals surface area contributed by atoms with E-state index < -0.39 is 41.1 Å². The Kier molecular flexibility index (Phi) is 5.92. The quantitative estimate of drug-likeness (QED) is 0.628. The lowest BCUT2D eigenvalue weighted by Crippen LogP contribution is -2.37. The Morgan fingerprint density at radius 3 is 2.35 bits per heavy atom. The van der Waals surface area contributed by atoms with Gasteiger partial charge in [0.2, 0.25) is 0 Å². The fourth-order valence-corrected chi connectivity index (χ4v) is 2.34. The molecule has 7 heteroatoms. The summed E-state index contributed by atoms with van der Waals surface area (Å²) in [5.41, 5.74) is 5.76. The minimum absolute atomic E-state index is 0.0413. The van der Waals surface area contributed by atoms with Crippen molar-refractivity contribution in [3.8, 4) is 0 Å². The lowest BCUT2D eigenvalue weighted by atomic mass is 10.1. The molecule has 3 N–H and O–H groups in total. The van der Waals surface area contributed by atoms with E-state index in [-0.39, 0.29) is 11.4 Å². The third-order valence-corrected chi connectivity index (χ3v) is 3.85. The highest BCUT2D eigenvalue weighted by molar-refractivity contribution is 6.00. The molecule has 0 saturated heterocycles. The highest BCUT2D eigenvalue weighted by Crippen LogP contribution is 2.23. The van der Waals surface area contributed by atoms with Crippen LogP contribution in [0.2, 0.25) is 0 Å². The number of hydrogen-bond acceptors (Lipinski definition) is 4. The Morgan fingerprint density at radius 1 is 1.08 bits per heavy atom. The predicted molar refractivity (Wildman–Crippen MR) is 94.6 cm³/mol. The van der Waals surface area contributed by atoms with E-state index in [1.54, 1.807) is 26.8 Å². The number of esters is 1. The zero-order valence-electron chi connectivity index (χ0n) is 14.7. The smallest absolute Gasteiger partial charge is 0.344 e. The van der Waals surface area contributed by atoms with E-state index >= 15 is 0 Å². The van der Waals surface area contributed by atoms with Gasteiger partial charge in [-0.25, -0.2) is 13.6 Å². The van der Waals surface area contributed by atoms with Crippen LogP contribution in [0.1, 0.15) is 29.8 Å². The maximum atomic E-state index is 14.0. The topological polar surface area (TPSA) is 81.4 Å². The van der Waals surface area contributed by atoms with Crippen LogP contribution in [0.4, 0.5) is 20.2 Å². The number of aryl methyl sites for hydroxylation is 1. The van der Waals surface area contributed by atoms with Crippen LogP contribution >= 0.6 is 0 Å². The van der Waals surface area contributed by atoms with Gasteiger partial charge >= 0.3 is 5.97 Å². The van der Waals surface area contributed by atoms with Gasteiger partial charge in [0.05, 0.1) is 11.4 Å². The number of rotatable bonds is 5. The van der Waals surface area contributed by atoms with Crippen molar-refractivity contribution in [1.29, 1.82) is 0 Å². The molecule has 0 fully saturated rings. The number of ether oxygens (including phenoxy) is 1. The summed E-state index contributed by atoms with van der Waals surface area (Å²) < 4.78 is 32.9. The molecule has 0 aliphatic rings. The molecule has 1 unspecified atom stereocenters. The van der Waals surface area contributed by atoms with Crippen molar-refractivity contribution in [2.24, 2.45) is 5.92 Å². The van der Waals surface area contributed by atoms with Crippen LogP contribution in [-0.2, 0) is 9.53 Å². The van der Waals surface area contributed by atoms with Crippen LogP contribution in [0, 0.1) is 24.5 Å². The van der Waals surface area contributed by atoms with Crippen LogP contribution in [0.25, 0.3) is 0 Å². The number of anilines is 2. The Hall–Kier alpha value is -2.96. The van der Waals surface area contributed by atoms with E-state index in [2.05, 4.69) is 5.32 Å². The summed E-state index contributed by atoms with van der Waals surface area (Å²) in [7, 11) is 0. The van der Waals surface area contributed by atoms with Gasteiger partial charge in [0.25, 0.3) is 5.91 Å². The summed E-state index contributed by atoms with van der Waals surface area (Å²) in [5.74, 6) is -3.66. The molecule has 138 valence electrons. The number of halogens is 2. The molecule has 0 bridgehead atoms. The van der Waals surface area contributed by atoms with Gasteiger partial charge in [-0.3, -0.25) is 4.79 Å². The van der Waals surface area contributed by atoms with Gasteiger partial charge in [0.15, 0.2) is 6.10 Å². The standard InChI is InChI=1S/C19H20F2N2O3/c1-10(2)17(18(24)23-14-7-5-4-6-12(14)20)26-19(25)15-13(21)9-8-11(3)16(15)22/h4-10,17H,22H2,1-3H3,(H,23,24). The number of para-hydroxylation sites is 1. The van der Waals surface area contributed by atoms with E-state index in [0.29, 0.717) is 5.56 Å². The zero-order chi connectivity index (χ0) is 19.4. The maximum Gasteiger partial charge on any atom is 0.344 e. The Balaban J connectivity index is 2.23. The summed E-state index contributed by atoms with van der Waals surface area (Å²) in [5, 5.41) is 2.37. The van der Waals surface area contributed by atoms with Crippen molar-refractivity contribution >= 4 is 23.3 Å². The number of nitrogens with two attached hydrogens (primary N) is 1. The number of hydrogen-bond donors (Lipinski definition) is 2. The van der Waals surface area contributed by atoms with E-state index in [4.69, 9.17) is 10.5 Å².